The summed E-state index contributed by atoms with van der Waals surface area (Å²) < 4.78 is 6.24. The minimum Gasteiger partial charge on any atom is -0.616 e. The van der Waals surface area contributed by atoms with Crippen molar-refractivity contribution >= 4 is 0 Å². The van der Waals surface area contributed by atoms with E-state index in [-0.39, 0.29) is 0 Å². The molecule has 0 unspecified atom stereocenters. The van der Waals surface area contributed by atoms with E-state index in [0.717, 1.165) is 23.3 Å². The number of rotatable bonds is 1. The summed E-state index contributed by atoms with van der Waals surface area (Å²) in [5.74, 6) is 1.77. The predicted molar refractivity (Wildman–Crippen MR) is 39.1 cm³/mol. The third-order valence-electron chi connectivity index (χ3n) is 2.20. The van der Waals surface area contributed by atoms with Crippen LogP contribution in [0.5, 0.6) is 0 Å². The van der Waals surface area contributed by atoms with E-state index in [4.69, 9.17) is 4.42 Å². The van der Waals surface area contributed by atoms with E-state index in [1.807, 2.05) is 6.92 Å². The molecule has 0 atom stereocenters. The Bertz CT molecular complexity index is 287. The third-order valence-corrected chi connectivity index (χ3v) is 2.20. The molecule has 0 N–H and O–H groups in total. The van der Waals surface area contributed by atoms with Gasteiger partial charge in [-0.2, -0.15) is 0 Å². The Morgan fingerprint density at radius 3 is 2.45 bits per heavy atom. The zero-order chi connectivity index (χ0) is 8.01. The summed E-state index contributed by atoms with van der Waals surface area (Å²) in [7, 11) is 0. The van der Waals surface area contributed by atoms with Crippen LogP contribution in [-0.4, -0.2) is 0 Å². The molecule has 11 heavy (non-hydrogen) atoms. The van der Waals surface area contributed by atoms with E-state index in [2.05, 4.69) is 0 Å². The normalized spacial score (nSPS) is 17.3. The summed E-state index contributed by atoms with van der Waals surface area (Å²) in [6.07, 6.45) is 2.21. The van der Waals surface area contributed by atoms with Gasteiger partial charge in [0.15, 0.2) is 5.76 Å². The Morgan fingerprint density at radius 2 is 2.09 bits per heavy atom. The topological polar surface area (TPSA) is 40.1 Å². The van der Waals surface area contributed by atoms with Gasteiger partial charge in [0, 0.05) is 13.8 Å². The van der Waals surface area contributed by atoms with Crippen molar-refractivity contribution in [3.63, 3.8) is 0 Å². The summed E-state index contributed by atoms with van der Waals surface area (Å²) >= 11 is 0. The van der Waals surface area contributed by atoms with E-state index in [9.17, 15) is 5.21 Å². The van der Waals surface area contributed by atoms with Gasteiger partial charge in [-0.3, -0.25) is 0 Å². The van der Waals surface area contributed by atoms with Crippen LogP contribution in [0.25, 0.3) is 0 Å². The molecule has 0 spiro atoms. The Hall–Kier alpha value is -0.990. The molecule has 1 fully saturated rings. The molecule has 1 heterocycles. The summed E-state index contributed by atoms with van der Waals surface area (Å²) in [6.45, 7) is 3.62. The van der Waals surface area contributed by atoms with Gasteiger partial charge in [-0.15, -0.1) is 4.73 Å². The molecule has 0 radical (unpaired) electrons. The standard InChI is InChI=1S/C8H11NO2/c1-5-6(2)11-8(9(5)10)7-3-4-7/h7H,3-4H2,1-2H3. The highest BCUT2D eigenvalue weighted by molar-refractivity contribution is 5.04. The molecule has 1 aromatic heterocycles. The Kier molecular flexibility index (Phi) is 1.22. The van der Waals surface area contributed by atoms with E-state index in [1.165, 1.54) is 0 Å². The number of nitrogens with zero attached hydrogens (tertiary/aromatic N) is 1. The molecule has 3 heteroatoms. The number of aryl methyl sites for hydroxylation is 1. The van der Waals surface area contributed by atoms with Crippen LogP contribution in [0, 0.1) is 19.1 Å². The van der Waals surface area contributed by atoms with Gasteiger partial charge in [-0.05, 0) is 12.8 Å². The number of hydrogen-bond donors (Lipinski definition) is 0. The highest BCUT2D eigenvalue weighted by Crippen LogP contribution is 2.39. The van der Waals surface area contributed by atoms with Crippen LogP contribution in [0.2, 0.25) is 0 Å². The van der Waals surface area contributed by atoms with Crippen LogP contribution in [0.15, 0.2) is 4.42 Å². The SMILES string of the molecule is Cc1oc(C2CC2)[n+]([O-])c1C. The molecule has 1 aliphatic rings. The van der Waals surface area contributed by atoms with Crippen molar-refractivity contribution in [3.8, 4) is 0 Å². The lowest BCUT2D eigenvalue weighted by Gasteiger charge is -1.93. The van der Waals surface area contributed by atoms with E-state index in [0.29, 0.717) is 17.5 Å². The average Bonchev–Trinajstić information content (AvgIpc) is 2.76. The molecular formula is C8H11NO2. The molecule has 0 aromatic carbocycles. The molecule has 0 aliphatic heterocycles. The van der Waals surface area contributed by atoms with Crippen molar-refractivity contribution in [2.45, 2.75) is 32.6 Å². The van der Waals surface area contributed by atoms with Crippen LogP contribution in [0.1, 0.15) is 36.1 Å². The lowest BCUT2D eigenvalue weighted by atomic mass is 10.4. The maximum atomic E-state index is 11.3. The lowest BCUT2D eigenvalue weighted by molar-refractivity contribution is -0.624. The molecule has 3 nitrogen and oxygen atoms in total. The van der Waals surface area contributed by atoms with Crippen LogP contribution in [0.3, 0.4) is 0 Å². The highest BCUT2D eigenvalue weighted by atomic mass is 16.5. The fourth-order valence-corrected chi connectivity index (χ4v) is 1.16. The maximum Gasteiger partial charge on any atom is 0.362 e. The number of aromatic nitrogens is 1. The van der Waals surface area contributed by atoms with Gasteiger partial charge in [-0.1, -0.05) is 0 Å². The van der Waals surface area contributed by atoms with Gasteiger partial charge in [0.2, 0.25) is 5.69 Å². The Morgan fingerprint density at radius 1 is 1.45 bits per heavy atom. The first-order valence-corrected chi connectivity index (χ1v) is 3.89. The molecule has 0 amide bonds. The molecule has 0 bridgehead atoms. The monoisotopic (exact) mass is 153 g/mol. The molecule has 60 valence electrons. The molecule has 1 saturated carbocycles. The maximum absolute atomic E-state index is 11.3. The smallest absolute Gasteiger partial charge is 0.362 e. The van der Waals surface area contributed by atoms with Crippen molar-refractivity contribution in [1.29, 1.82) is 0 Å². The first kappa shape index (κ1) is 6.70. The Labute approximate surface area is 65.2 Å². The average molecular weight is 153 g/mol. The summed E-state index contributed by atoms with van der Waals surface area (Å²) in [4.78, 5) is 0. The van der Waals surface area contributed by atoms with Crippen LogP contribution in [0.4, 0.5) is 0 Å². The van der Waals surface area contributed by atoms with Gasteiger partial charge in [0.1, 0.15) is 0 Å². The van der Waals surface area contributed by atoms with Crippen molar-refractivity contribution in [1.82, 2.24) is 0 Å². The van der Waals surface area contributed by atoms with Crippen molar-refractivity contribution in [2.75, 3.05) is 0 Å². The number of oxazole rings is 1. The minimum atomic E-state index is 0.403. The number of hydrogen-bond acceptors (Lipinski definition) is 2. The minimum absolute atomic E-state index is 0.403. The van der Waals surface area contributed by atoms with E-state index >= 15 is 0 Å². The van der Waals surface area contributed by atoms with E-state index < -0.39 is 0 Å². The molecular weight excluding hydrogens is 142 g/mol. The first-order chi connectivity index (χ1) is 5.20. The highest BCUT2D eigenvalue weighted by Gasteiger charge is 2.36. The molecule has 0 saturated heterocycles. The lowest BCUT2D eigenvalue weighted by Crippen LogP contribution is -2.31. The van der Waals surface area contributed by atoms with Gasteiger partial charge >= 0.3 is 5.89 Å². The second-order valence-electron chi connectivity index (χ2n) is 3.15. The fraction of sp³-hybridized carbons (Fsp3) is 0.625. The third kappa shape index (κ3) is 0.914. The van der Waals surface area contributed by atoms with Gasteiger partial charge in [-0.25, -0.2) is 0 Å². The molecule has 1 aromatic rings. The van der Waals surface area contributed by atoms with Crippen LogP contribution >= 0.6 is 0 Å². The quantitative estimate of drug-likeness (QED) is 0.452. The van der Waals surface area contributed by atoms with Crippen molar-refractivity contribution < 1.29 is 9.15 Å². The summed E-state index contributed by atoms with van der Waals surface area (Å²) in [5, 5.41) is 11.3. The zero-order valence-corrected chi connectivity index (χ0v) is 6.76. The summed E-state index contributed by atoms with van der Waals surface area (Å²) in [6, 6.07) is 0. The van der Waals surface area contributed by atoms with Gasteiger partial charge < -0.3 is 9.62 Å². The molecule has 2 rings (SSSR count). The second kappa shape index (κ2) is 2.00. The Balaban J connectivity index is 2.46. The molecule has 1 aliphatic carbocycles. The van der Waals surface area contributed by atoms with Crippen LogP contribution in [-0.2, 0) is 0 Å². The van der Waals surface area contributed by atoms with Gasteiger partial charge in [0.05, 0.1) is 5.92 Å². The van der Waals surface area contributed by atoms with Crippen molar-refractivity contribution in [3.05, 3.63) is 22.6 Å². The van der Waals surface area contributed by atoms with Crippen molar-refractivity contribution in [2.24, 2.45) is 0 Å². The summed E-state index contributed by atoms with van der Waals surface area (Å²) in [5.41, 5.74) is 0.701. The van der Waals surface area contributed by atoms with Gasteiger partial charge in [0.25, 0.3) is 0 Å². The zero-order valence-electron chi connectivity index (χ0n) is 6.76. The van der Waals surface area contributed by atoms with E-state index in [1.54, 1.807) is 6.92 Å². The predicted octanol–water partition coefficient (Wildman–Crippen LogP) is 1.41. The first-order valence-electron chi connectivity index (χ1n) is 3.89. The second-order valence-corrected chi connectivity index (χ2v) is 3.15. The fourth-order valence-electron chi connectivity index (χ4n) is 1.16. The van der Waals surface area contributed by atoms with Crippen LogP contribution < -0.4 is 4.73 Å². The largest absolute Gasteiger partial charge is 0.616 e.